The van der Waals surface area contributed by atoms with Crippen LogP contribution in [0.3, 0.4) is 0 Å². The van der Waals surface area contributed by atoms with E-state index in [1.165, 1.54) is 38.0 Å². The Hall–Kier alpha value is -2.92. The van der Waals surface area contributed by atoms with Crippen molar-refractivity contribution in [3.8, 4) is 0 Å². The molecule has 1 saturated heterocycles. The van der Waals surface area contributed by atoms with Crippen LogP contribution < -0.4 is 21.9 Å². The van der Waals surface area contributed by atoms with Gasteiger partial charge >= 0.3 is 5.69 Å². The number of carbonyl (C=O) groups excluding carboxylic acids is 1. The van der Waals surface area contributed by atoms with Gasteiger partial charge < -0.3 is 10.6 Å². The number of nitrogens with one attached hydrogen (secondary N) is 1. The first-order valence-electron chi connectivity index (χ1n) is 11.7. The summed E-state index contributed by atoms with van der Waals surface area (Å²) in [6.45, 7) is 6.47. The van der Waals surface area contributed by atoms with Gasteiger partial charge in [-0.05, 0) is 57.4 Å². The molecule has 1 aliphatic rings. The van der Waals surface area contributed by atoms with Crippen molar-refractivity contribution in [3.05, 3.63) is 50.7 Å². The van der Waals surface area contributed by atoms with Crippen LogP contribution in [0.25, 0.3) is 0 Å². The summed E-state index contributed by atoms with van der Waals surface area (Å²) in [5, 5.41) is 0. The fourth-order valence-electron chi connectivity index (χ4n) is 4.27. The quantitative estimate of drug-likeness (QED) is 0.580. The number of anilines is 2. The molecular formula is C23H33N5O5S. The summed E-state index contributed by atoms with van der Waals surface area (Å²) in [5.41, 5.74) is 4.90. The highest BCUT2D eigenvalue weighted by Gasteiger charge is 2.31. The Labute approximate surface area is 199 Å². The Morgan fingerprint density at radius 1 is 1.18 bits per heavy atom. The molecule has 0 saturated carbocycles. The molecule has 0 spiro atoms. The van der Waals surface area contributed by atoms with Crippen LogP contribution in [-0.2, 0) is 16.6 Å². The number of nitrogen functional groups attached to an aromatic ring is 1. The first-order valence-corrected chi connectivity index (χ1v) is 13.1. The molecule has 186 valence electrons. The van der Waals surface area contributed by atoms with Crippen molar-refractivity contribution in [1.29, 1.82) is 0 Å². The number of sulfonamides is 1. The summed E-state index contributed by atoms with van der Waals surface area (Å²) >= 11 is 0. The fraction of sp³-hybridized carbons (Fsp3) is 0.522. The third kappa shape index (κ3) is 4.95. The van der Waals surface area contributed by atoms with Crippen LogP contribution in [0.1, 0.15) is 63.2 Å². The molecular weight excluding hydrogens is 458 g/mol. The molecule has 3 rings (SSSR count). The van der Waals surface area contributed by atoms with Gasteiger partial charge in [-0.2, -0.15) is 4.31 Å². The second kappa shape index (κ2) is 10.6. The number of aromatic nitrogens is 2. The van der Waals surface area contributed by atoms with Crippen molar-refractivity contribution in [2.75, 3.05) is 23.7 Å². The third-order valence-electron chi connectivity index (χ3n) is 6.23. The van der Waals surface area contributed by atoms with Gasteiger partial charge in [0.05, 0.1) is 4.90 Å². The molecule has 11 heteroatoms. The Morgan fingerprint density at radius 2 is 1.85 bits per heavy atom. The van der Waals surface area contributed by atoms with Crippen LogP contribution in [0.5, 0.6) is 0 Å². The summed E-state index contributed by atoms with van der Waals surface area (Å²) < 4.78 is 28.9. The molecule has 0 unspecified atom stereocenters. The largest absolute Gasteiger partial charge is 0.383 e. The molecule has 1 aromatic heterocycles. The fourth-order valence-corrected chi connectivity index (χ4v) is 5.97. The number of nitrogens with two attached hydrogens (primary N) is 1. The molecule has 3 N–H and O–H groups in total. The number of carbonyl (C=O) groups is 1. The number of H-pyrrole nitrogens is 1. The zero-order valence-corrected chi connectivity index (χ0v) is 20.7. The lowest BCUT2D eigenvalue weighted by Crippen LogP contribution is -2.42. The molecule has 0 radical (unpaired) electrons. The molecule has 2 heterocycles. The van der Waals surface area contributed by atoms with E-state index in [0.717, 1.165) is 25.7 Å². The van der Waals surface area contributed by atoms with Crippen LogP contribution in [0.2, 0.25) is 0 Å². The SMILES string of the molecule is CCCCn1c(N)c(N(CC)C(=O)c2ccc(S(=O)(=O)N3CCCC[C@@H]3C)cc2)c(=O)[nH]c1=O. The first-order chi connectivity index (χ1) is 16.1. The van der Waals surface area contributed by atoms with E-state index in [1.54, 1.807) is 6.92 Å². The third-order valence-corrected chi connectivity index (χ3v) is 8.26. The molecule has 34 heavy (non-hydrogen) atoms. The number of nitrogens with zero attached hydrogens (tertiary/aromatic N) is 3. The maximum Gasteiger partial charge on any atom is 0.330 e. The van der Waals surface area contributed by atoms with E-state index in [2.05, 4.69) is 4.98 Å². The second-order valence-corrected chi connectivity index (χ2v) is 10.4. The normalized spacial score (nSPS) is 17.0. The highest BCUT2D eigenvalue weighted by Crippen LogP contribution is 2.26. The maximum atomic E-state index is 13.3. The Kier molecular flexibility index (Phi) is 7.98. The number of hydrogen-bond donors (Lipinski definition) is 2. The number of amides is 1. The lowest BCUT2D eigenvalue weighted by molar-refractivity contribution is 0.0988. The summed E-state index contributed by atoms with van der Waals surface area (Å²) in [7, 11) is -3.67. The van der Waals surface area contributed by atoms with Gasteiger partial charge in [0.25, 0.3) is 11.5 Å². The minimum absolute atomic E-state index is 0.0734. The van der Waals surface area contributed by atoms with E-state index in [1.807, 2.05) is 13.8 Å². The van der Waals surface area contributed by atoms with Gasteiger partial charge in [-0.15, -0.1) is 0 Å². The number of rotatable bonds is 8. The van der Waals surface area contributed by atoms with E-state index >= 15 is 0 Å². The van der Waals surface area contributed by atoms with Gasteiger partial charge in [-0.3, -0.25) is 19.1 Å². The van der Waals surface area contributed by atoms with E-state index < -0.39 is 27.2 Å². The van der Waals surface area contributed by atoms with E-state index in [4.69, 9.17) is 5.73 Å². The topological polar surface area (TPSA) is 139 Å². The van der Waals surface area contributed by atoms with E-state index in [-0.39, 0.29) is 34.6 Å². The lowest BCUT2D eigenvalue weighted by atomic mass is 10.1. The molecule has 1 aromatic carbocycles. The van der Waals surface area contributed by atoms with E-state index in [0.29, 0.717) is 19.5 Å². The van der Waals surface area contributed by atoms with E-state index in [9.17, 15) is 22.8 Å². The van der Waals surface area contributed by atoms with Crippen molar-refractivity contribution in [2.45, 2.75) is 70.4 Å². The first kappa shape index (κ1) is 25.7. The Balaban J connectivity index is 1.93. The van der Waals surface area contributed by atoms with Gasteiger partial charge in [0.1, 0.15) is 5.82 Å². The predicted molar refractivity (Wildman–Crippen MR) is 132 cm³/mol. The van der Waals surface area contributed by atoms with Crippen molar-refractivity contribution < 1.29 is 13.2 Å². The zero-order chi connectivity index (χ0) is 25.0. The molecule has 0 aliphatic carbocycles. The second-order valence-electron chi connectivity index (χ2n) is 8.53. The van der Waals surface area contributed by atoms with Crippen LogP contribution in [-0.4, -0.2) is 47.3 Å². The highest BCUT2D eigenvalue weighted by atomic mass is 32.2. The average molecular weight is 492 g/mol. The predicted octanol–water partition coefficient (Wildman–Crippen LogP) is 2.15. The highest BCUT2D eigenvalue weighted by molar-refractivity contribution is 7.89. The molecule has 1 amide bonds. The summed E-state index contributed by atoms with van der Waals surface area (Å²) in [5.74, 6) is -0.591. The van der Waals surface area contributed by atoms with Crippen LogP contribution in [0.4, 0.5) is 11.5 Å². The Morgan fingerprint density at radius 3 is 2.44 bits per heavy atom. The molecule has 2 aromatic rings. The molecule has 1 atom stereocenters. The number of unbranched alkanes of at least 4 members (excludes halogenated alkanes) is 1. The number of piperidine rings is 1. The maximum absolute atomic E-state index is 13.3. The van der Waals surface area contributed by atoms with Gasteiger partial charge in [0.15, 0.2) is 5.69 Å². The van der Waals surface area contributed by atoms with Crippen molar-refractivity contribution in [3.63, 3.8) is 0 Å². The van der Waals surface area contributed by atoms with Crippen LogP contribution in [0.15, 0.2) is 38.8 Å². The van der Waals surface area contributed by atoms with Crippen molar-refractivity contribution in [2.24, 2.45) is 0 Å². The average Bonchev–Trinajstić information content (AvgIpc) is 2.81. The minimum Gasteiger partial charge on any atom is -0.383 e. The standard InChI is InChI=1S/C23H33N5O5S/c1-4-6-14-27-20(24)19(21(29)25-23(27)31)26(5-2)22(30)17-10-12-18(13-11-17)34(32,33)28-15-8-7-9-16(28)3/h10-13,16H,4-9,14-15,24H2,1-3H3,(H,25,29,31)/t16-/m0/s1. The van der Waals surface area contributed by atoms with Crippen LogP contribution >= 0.6 is 0 Å². The monoisotopic (exact) mass is 491 g/mol. The summed E-state index contributed by atoms with van der Waals surface area (Å²) in [6, 6.07) is 5.61. The van der Waals surface area contributed by atoms with Crippen molar-refractivity contribution in [1.82, 2.24) is 13.9 Å². The number of aromatic amines is 1. The van der Waals surface area contributed by atoms with Gasteiger partial charge in [0.2, 0.25) is 10.0 Å². The molecule has 1 aliphatic heterocycles. The van der Waals surface area contributed by atoms with Crippen molar-refractivity contribution >= 4 is 27.4 Å². The van der Waals surface area contributed by atoms with Gasteiger partial charge in [-0.25, -0.2) is 13.2 Å². The van der Waals surface area contributed by atoms with Gasteiger partial charge in [0, 0.05) is 31.2 Å². The molecule has 10 nitrogen and oxygen atoms in total. The van der Waals surface area contributed by atoms with Gasteiger partial charge in [-0.1, -0.05) is 19.8 Å². The molecule has 1 fully saturated rings. The summed E-state index contributed by atoms with van der Waals surface area (Å²) in [6.07, 6.45) is 4.14. The number of benzene rings is 1. The Bertz CT molecular complexity index is 1250. The molecule has 0 bridgehead atoms. The minimum atomic E-state index is -3.67. The summed E-state index contributed by atoms with van der Waals surface area (Å²) in [4.78, 5) is 41.6. The lowest BCUT2D eigenvalue weighted by Gasteiger charge is -2.32. The van der Waals surface area contributed by atoms with Crippen LogP contribution in [0, 0.1) is 0 Å². The smallest absolute Gasteiger partial charge is 0.330 e. The zero-order valence-electron chi connectivity index (χ0n) is 19.9. The number of hydrogen-bond acceptors (Lipinski definition) is 6.